The highest BCUT2D eigenvalue weighted by molar-refractivity contribution is 5.30. The van der Waals surface area contributed by atoms with E-state index in [2.05, 4.69) is 15.6 Å². The molecule has 1 aliphatic rings. The maximum atomic E-state index is 9.97. The summed E-state index contributed by atoms with van der Waals surface area (Å²) in [5.41, 5.74) is 1.53. The van der Waals surface area contributed by atoms with Crippen molar-refractivity contribution in [3.05, 3.63) is 42.2 Å². The normalized spacial score (nSPS) is 30.7. The smallest absolute Gasteiger partial charge is 0.103 e. The van der Waals surface area contributed by atoms with Gasteiger partial charge in [-0.3, -0.25) is 0 Å². The molecule has 1 aliphatic heterocycles. The van der Waals surface area contributed by atoms with E-state index in [1.165, 1.54) is 0 Å². The van der Waals surface area contributed by atoms with Crippen LogP contribution in [0.4, 0.5) is 0 Å². The summed E-state index contributed by atoms with van der Waals surface area (Å²) < 4.78 is 1.65. The summed E-state index contributed by atoms with van der Waals surface area (Å²) in [6.07, 6.45) is 0.115. The molecule has 0 bridgehead atoms. The first kappa shape index (κ1) is 12.3. The molecule has 1 fully saturated rings. The summed E-state index contributed by atoms with van der Waals surface area (Å²) in [5, 5.41) is 31.0. The van der Waals surface area contributed by atoms with Crippen molar-refractivity contribution in [2.75, 3.05) is 0 Å². The van der Waals surface area contributed by atoms with Gasteiger partial charge in [-0.05, 0) is 19.1 Å². The fraction of sp³-hybridized carbons (Fsp3) is 0.385. The van der Waals surface area contributed by atoms with Gasteiger partial charge in [0.1, 0.15) is 11.8 Å². The monoisotopic (exact) mass is 260 g/mol. The summed E-state index contributed by atoms with van der Waals surface area (Å²) in [6.45, 7) is 1.83. The third kappa shape index (κ3) is 2.14. The topological polar surface area (TPSA) is 83.2 Å². The Morgan fingerprint density at radius 3 is 2.53 bits per heavy atom. The number of hydrogen-bond acceptors (Lipinski definition) is 5. The van der Waals surface area contributed by atoms with Gasteiger partial charge in [0.15, 0.2) is 0 Å². The molecule has 0 unspecified atom stereocenters. The number of aromatic nitrogens is 3. The lowest BCUT2D eigenvalue weighted by atomic mass is 10.1. The Morgan fingerprint density at radius 1 is 1.16 bits per heavy atom. The lowest BCUT2D eigenvalue weighted by Crippen LogP contribution is -2.29. The SMILES string of the molecule is C[C@@H]1N[C@@H](c2cn(-c3ccccc3)nn2)[C@H](O)[C@@H]1O. The van der Waals surface area contributed by atoms with Crippen molar-refractivity contribution in [1.29, 1.82) is 0 Å². The standard InChI is InChI=1S/C13H16N4O2/c1-8-12(18)13(19)11(14-8)10-7-17(16-15-10)9-5-3-2-4-6-9/h2-8,11-14,18-19H,1H3/t8-,11-,12+,13-/m0/s1. The van der Waals surface area contributed by atoms with Crippen LogP contribution in [0, 0.1) is 0 Å². The highest BCUT2D eigenvalue weighted by Crippen LogP contribution is 2.26. The molecule has 3 rings (SSSR count). The molecule has 0 spiro atoms. The third-order valence-corrected chi connectivity index (χ3v) is 3.50. The molecular formula is C13H16N4O2. The molecule has 19 heavy (non-hydrogen) atoms. The predicted molar refractivity (Wildman–Crippen MR) is 68.7 cm³/mol. The lowest BCUT2D eigenvalue weighted by Gasteiger charge is -2.12. The van der Waals surface area contributed by atoms with Gasteiger partial charge in [0.2, 0.25) is 0 Å². The van der Waals surface area contributed by atoms with E-state index in [0.29, 0.717) is 5.69 Å². The van der Waals surface area contributed by atoms with Crippen LogP contribution in [0.25, 0.3) is 5.69 Å². The lowest BCUT2D eigenvalue weighted by molar-refractivity contribution is 0.0295. The van der Waals surface area contributed by atoms with Gasteiger partial charge in [-0.25, -0.2) is 4.68 Å². The highest BCUT2D eigenvalue weighted by Gasteiger charge is 2.40. The Kier molecular flexibility index (Phi) is 3.06. The van der Waals surface area contributed by atoms with Gasteiger partial charge in [0.05, 0.1) is 24.0 Å². The molecule has 2 aromatic rings. The van der Waals surface area contributed by atoms with Crippen LogP contribution in [-0.2, 0) is 0 Å². The molecule has 0 amide bonds. The van der Waals surface area contributed by atoms with Crippen LogP contribution in [0.5, 0.6) is 0 Å². The molecular weight excluding hydrogens is 244 g/mol. The molecule has 1 saturated heterocycles. The number of benzene rings is 1. The minimum absolute atomic E-state index is 0.165. The summed E-state index contributed by atoms with van der Waals surface area (Å²) in [6, 6.07) is 9.07. The van der Waals surface area contributed by atoms with Crippen LogP contribution >= 0.6 is 0 Å². The average Bonchev–Trinajstić information content (AvgIpc) is 3.01. The maximum Gasteiger partial charge on any atom is 0.103 e. The third-order valence-electron chi connectivity index (χ3n) is 3.50. The van der Waals surface area contributed by atoms with Gasteiger partial charge in [-0.2, -0.15) is 0 Å². The average molecular weight is 260 g/mol. The molecule has 0 saturated carbocycles. The summed E-state index contributed by atoms with van der Waals surface area (Å²) in [7, 11) is 0. The van der Waals surface area contributed by atoms with E-state index < -0.39 is 12.2 Å². The fourth-order valence-electron chi connectivity index (χ4n) is 2.36. The number of para-hydroxylation sites is 1. The van der Waals surface area contributed by atoms with Crippen molar-refractivity contribution in [2.24, 2.45) is 0 Å². The molecule has 0 radical (unpaired) electrons. The molecule has 0 aliphatic carbocycles. The first-order chi connectivity index (χ1) is 9.16. The van der Waals surface area contributed by atoms with Crippen molar-refractivity contribution in [3.8, 4) is 5.69 Å². The Labute approximate surface area is 110 Å². The summed E-state index contributed by atoms with van der Waals surface area (Å²) >= 11 is 0. The Balaban J connectivity index is 1.86. The van der Waals surface area contributed by atoms with Crippen LogP contribution in [0.2, 0.25) is 0 Å². The predicted octanol–water partition coefficient (Wildman–Crippen LogP) is 0.0219. The quantitative estimate of drug-likeness (QED) is 0.709. The van der Waals surface area contributed by atoms with Gasteiger partial charge in [0.25, 0.3) is 0 Å². The second-order valence-electron chi connectivity index (χ2n) is 4.84. The summed E-state index contributed by atoms with van der Waals surface area (Å²) in [4.78, 5) is 0. The number of aliphatic hydroxyl groups excluding tert-OH is 2. The first-order valence-electron chi connectivity index (χ1n) is 6.26. The Bertz CT molecular complexity index is 557. The van der Waals surface area contributed by atoms with Gasteiger partial charge in [-0.15, -0.1) is 5.10 Å². The van der Waals surface area contributed by atoms with E-state index in [1.54, 1.807) is 10.9 Å². The Morgan fingerprint density at radius 2 is 1.89 bits per heavy atom. The molecule has 100 valence electrons. The van der Waals surface area contributed by atoms with Crippen LogP contribution < -0.4 is 5.32 Å². The number of nitrogens with zero attached hydrogens (tertiary/aromatic N) is 3. The largest absolute Gasteiger partial charge is 0.389 e. The molecule has 3 N–H and O–H groups in total. The van der Waals surface area contributed by atoms with Crippen LogP contribution in [0.1, 0.15) is 18.7 Å². The van der Waals surface area contributed by atoms with E-state index in [0.717, 1.165) is 5.69 Å². The maximum absolute atomic E-state index is 9.97. The van der Waals surface area contributed by atoms with E-state index in [4.69, 9.17) is 0 Å². The highest BCUT2D eigenvalue weighted by atomic mass is 16.3. The van der Waals surface area contributed by atoms with Gasteiger partial charge in [-0.1, -0.05) is 23.4 Å². The van der Waals surface area contributed by atoms with E-state index >= 15 is 0 Å². The van der Waals surface area contributed by atoms with Crippen molar-refractivity contribution >= 4 is 0 Å². The zero-order valence-electron chi connectivity index (χ0n) is 10.5. The molecule has 1 aromatic heterocycles. The van der Waals surface area contributed by atoms with Gasteiger partial charge >= 0.3 is 0 Å². The zero-order valence-corrected chi connectivity index (χ0v) is 10.5. The van der Waals surface area contributed by atoms with Gasteiger partial charge < -0.3 is 15.5 Å². The van der Waals surface area contributed by atoms with Crippen molar-refractivity contribution in [3.63, 3.8) is 0 Å². The molecule has 2 heterocycles. The Hall–Kier alpha value is -1.76. The van der Waals surface area contributed by atoms with E-state index in [9.17, 15) is 10.2 Å². The minimum Gasteiger partial charge on any atom is -0.389 e. The van der Waals surface area contributed by atoms with Crippen LogP contribution in [-0.4, -0.2) is 43.5 Å². The van der Waals surface area contributed by atoms with Crippen molar-refractivity contribution in [2.45, 2.75) is 31.2 Å². The second-order valence-corrected chi connectivity index (χ2v) is 4.84. The van der Waals surface area contributed by atoms with Crippen molar-refractivity contribution < 1.29 is 10.2 Å². The molecule has 6 nitrogen and oxygen atoms in total. The molecule has 1 aromatic carbocycles. The van der Waals surface area contributed by atoms with E-state index in [-0.39, 0.29) is 12.1 Å². The van der Waals surface area contributed by atoms with E-state index in [1.807, 2.05) is 37.3 Å². The second kappa shape index (κ2) is 4.73. The number of aliphatic hydroxyl groups is 2. The van der Waals surface area contributed by atoms with Gasteiger partial charge in [0, 0.05) is 6.04 Å². The van der Waals surface area contributed by atoms with Crippen LogP contribution in [0.15, 0.2) is 36.5 Å². The fourth-order valence-corrected chi connectivity index (χ4v) is 2.36. The van der Waals surface area contributed by atoms with Crippen LogP contribution in [0.3, 0.4) is 0 Å². The molecule has 6 heteroatoms. The molecule has 4 atom stereocenters. The number of hydrogen-bond donors (Lipinski definition) is 3. The first-order valence-corrected chi connectivity index (χ1v) is 6.26. The minimum atomic E-state index is -0.865. The summed E-state index contributed by atoms with van der Waals surface area (Å²) in [5.74, 6) is 0. The van der Waals surface area contributed by atoms with Crippen molar-refractivity contribution in [1.82, 2.24) is 20.3 Å². The number of nitrogens with one attached hydrogen (secondary N) is 1. The number of rotatable bonds is 2. The zero-order chi connectivity index (χ0) is 13.4.